The van der Waals surface area contributed by atoms with Gasteiger partial charge in [-0.25, -0.2) is 0 Å². The van der Waals surface area contributed by atoms with E-state index in [9.17, 15) is 0 Å². The number of aromatic nitrogens is 2. The van der Waals surface area contributed by atoms with E-state index in [0.29, 0.717) is 12.0 Å². The molecule has 3 nitrogen and oxygen atoms in total. The summed E-state index contributed by atoms with van der Waals surface area (Å²) in [5.74, 6) is 0.697. The molecular weight excluding hydrogens is 258 g/mol. The fourth-order valence-electron chi connectivity index (χ4n) is 2.72. The molecule has 1 heterocycles. The van der Waals surface area contributed by atoms with Gasteiger partial charge in [0.1, 0.15) is 5.15 Å². The number of hydrogen-bond acceptors (Lipinski definition) is 2. The van der Waals surface area contributed by atoms with E-state index in [1.54, 1.807) is 4.68 Å². The molecule has 4 heteroatoms. The SMILES string of the molecule is CCCNC(Cc1c(C)nn(C)c1Cl)C(CC)CC. The Balaban J connectivity index is 2.86. The van der Waals surface area contributed by atoms with Crippen LogP contribution in [0.3, 0.4) is 0 Å². The van der Waals surface area contributed by atoms with Crippen molar-refractivity contribution in [3.8, 4) is 0 Å². The molecule has 1 atom stereocenters. The molecule has 1 aromatic rings. The van der Waals surface area contributed by atoms with Crippen LogP contribution in [-0.4, -0.2) is 22.4 Å². The van der Waals surface area contributed by atoms with Crippen molar-refractivity contribution in [1.82, 2.24) is 15.1 Å². The van der Waals surface area contributed by atoms with Gasteiger partial charge in [-0.15, -0.1) is 0 Å². The molecule has 1 unspecified atom stereocenters. The molecule has 0 fully saturated rings. The first-order chi connectivity index (χ1) is 9.04. The van der Waals surface area contributed by atoms with Gasteiger partial charge < -0.3 is 5.32 Å². The van der Waals surface area contributed by atoms with Crippen molar-refractivity contribution in [2.45, 2.75) is 59.4 Å². The van der Waals surface area contributed by atoms with Gasteiger partial charge in [0.05, 0.1) is 5.69 Å². The van der Waals surface area contributed by atoms with E-state index in [2.05, 4.69) is 31.2 Å². The molecule has 1 N–H and O–H groups in total. The molecule has 0 spiro atoms. The monoisotopic (exact) mass is 285 g/mol. The number of halogens is 1. The number of aryl methyl sites for hydroxylation is 2. The summed E-state index contributed by atoms with van der Waals surface area (Å²) in [6.45, 7) is 9.86. The largest absolute Gasteiger partial charge is 0.313 e. The maximum absolute atomic E-state index is 6.36. The number of nitrogens with zero attached hydrogens (tertiary/aromatic N) is 2. The van der Waals surface area contributed by atoms with Gasteiger partial charge in [0.25, 0.3) is 0 Å². The minimum atomic E-state index is 0.496. The van der Waals surface area contributed by atoms with Gasteiger partial charge in [-0.1, -0.05) is 45.2 Å². The highest BCUT2D eigenvalue weighted by Crippen LogP contribution is 2.24. The topological polar surface area (TPSA) is 29.9 Å². The fraction of sp³-hybridized carbons (Fsp3) is 0.800. The van der Waals surface area contributed by atoms with Crippen molar-refractivity contribution in [3.05, 3.63) is 16.4 Å². The number of hydrogen-bond donors (Lipinski definition) is 1. The van der Waals surface area contributed by atoms with E-state index in [-0.39, 0.29) is 0 Å². The molecule has 1 rings (SSSR count). The Morgan fingerprint density at radius 2 is 1.89 bits per heavy atom. The van der Waals surface area contributed by atoms with Crippen LogP contribution in [0.5, 0.6) is 0 Å². The van der Waals surface area contributed by atoms with Gasteiger partial charge in [0, 0.05) is 18.7 Å². The first-order valence-corrected chi connectivity index (χ1v) is 7.84. The smallest absolute Gasteiger partial charge is 0.130 e. The molecule has 0 radical (unpaired) electrons. The molecule has 0 aromatic carbocycles. The lowest BCUT2D eigenvalue weighted by molar-refractivity contribution is 0.332. The van der Waals surface area contributed by atoms with Gasteiger partial charge in [-0.3, -0.25) is 4.68 Å². The van der Waals surface area contributed by atoms with Crippen LogP contribution in [-0.2, 0) is 13.5 Å². The molecule has 1 aromatic heterocycles. The maximum atomic E-state index is 6.36. The third-order valence-electron chi connectivity index (χ3n) is 3.97. The van der Waals surface area contributed by atoms with Crippen LogP contribution in [0, 0.1) is 12.8 Å². The summed E-state index contributed by atoms with van der Waals surface area (Å²) >= 11 is 6.36. The molecule has 0 aliphatic carbocycles. The van der Waals surface area contributed by atoms with E-state index in [0.717, 1.165) is 30.2 Å². The van der Waals surface area contributed by atoms with Crippen LogP contribution in [0.2, 0.25) is 5.15 Å². The highest BCUT2D eigenvalue weighted by molar-refractivity contribution is 6.30. The second-order valence-electron chi connectivity index (χ2n) is 5.32. The fourth-order valence-corrected chi connectivity index (χ4v) is 2.97. The third-order valence-corrected chi connectivity index (χ3v) is 4.44. The Kier molecular flexibility index (Phi) is 6.87. The Hall–Kier alpha value is -0.540. The quantitative estimate of drug-likeness (QED) is 0.789. The van der Waals surface area contributed by atoms with Crippen LogP contribution >= 0.6 is 11.6 Å². The van der Waals surface area contributed by atoms with Crippen LogP contribution in [0.1, 0.15) is 51.3 Å². The molecule has 0 saturated heterocycles. The number of nitrogens with one attached hydrogen (secondary N) is 1. The zero-order chi connectivity index (χ0) is 14.4. The molecule has 0 bridgehead atoms. The van der Waals surface area contributed by atoms with Crippen molar-refractivity contribution >= 4 is 11.6 Å². The zero-order valence-corrected chi connectivity index (χ0v) is 13.7. The summed E-state index contributed by atoms with van der Waals surface area (Å²) in [4.78, 5) is 0. The van der Waals surface area contributed by atoms with Crippen LogP contribution in [0.15, 0.2) is 0 Å². The lowest BCUT2D eigenvalue weighted by Gasteiger charge is -2.26. The van der Waals surface area contributed by atoms with Gasteiger partial charge in [-0.05, 0) is 32.2 Å². The van der Waals surface area contributed by atoms with Crippen LogP contribution in [0.4, 0.5) is 0 Å². The predicted octanol–water partition coefficient (Wildman–Crippen LogP) is 3.73. The summed E-state index contributed by atoms with van der Waals surface area (Å²) in [5, 5.41) is 8.88. The number of rotatable bonds is 8. The van der Waals surface area contributed by atoms with E-state index < -0.39 is 0 Å². The average Bonchev–Trinajstić information content (AvgIpc) is 2.63. The molecule has 110 valence electrons. The summed E-state index contributed by atoms with van der Waals surface area (Å²) in [6.07, 6.45) is 4.55. The maximum Gasteiger partial charge on any atom is 0.130 e. The summed E-state index contributed by atoms with van der Waals surface area (Å²) < 4.78 is 1.77. The highest BCUT2D eigenvalue weighted by atomic mass is 35.5. The summed E-state index contributed by atoms with van der Waals surface area (Å²) in [6, 6.07) is 0.496. The molecule has 0 aliphatic rings. The minimum absolute atomic E-state index is 0.496. The van der Waals surface area contributed by atoms with E-state index in [1.165, 1.54) is 18.4 Å². The third kappa shape index (κ3) is 4.22. The van der Waals surface area contributed by atoms with Crippen LogP contribution < -0.4 is 5.32 Å². The Morgan fingerprint density at radius 1 is 1.26 bits per heavy atom. The lowest BCUT2D eigenvalue weighted by atomic mass is 9.89. The first-order valence-electron chi connectivity index (χ1n) is 7.46. The zero-order valence-electron chi connectivity index (χ0n) is 13.0. The normalized spacial score (nSPS) is 13.2. The summed E-state index contributed by atoms with van der Waals surface area (Å²) in [7, 11) is 1.91. The van der Waals surface area contributed by atoms with Gasteiger partial charge in [0.15, 0.2) is 0 Å². The van der Waals surface area contributed by atoms with E-state index in [4.69, 9.17) is 11.6 Å². The lowest BCUT2D eigenvalue weighted by Crippen LogP contribution is -2.38. The Morgan fingerprint density at radius 3 is 2.32 bits per heavy atom. The molecular formula is C15H28ClN3. The van der Waals surface area contributed by atoms with Gasteiger partial charge in [0.2, 0.25) is 0 Å². The molecule has 0 saturated carbocycles. The van der Waals surface area contributed by atoms with Crippen molar-refractivity contribution in [1.29, 1.82) is 0 Å². The highest BCUT2D eigenvalue weighted by Gasteiger charge is 2.22. The average molecular weight is 286 g/mol. The van der Waals surface area contributed by atoms with Crippen LogP contribution in [0.25, 0.3) is 0 Å². The first kappa shape index (κ1) is 16.5. The van der Waals surface area contributed by atoms with Gasteiger partial charge in [-0.2, -0.15) is 5.10 Å². The standard InChI is InChI=1S/C15H28ClN3/c1-6-9-17-14(12(7-2)8-3)10-13-11(4)18-19(5)15(13)16/h12,14,17H,6-10H2,1-5H3. The minimum Gasteiger partial charge on any atom is -0.313 e. The predicted molar refractivity (Wildman–Crippen MR) is 82.8 cm³/mol. The van der Waals surface area contributed by atoms with E-state index in [1.807, 2.05) is 14.0 Å². The van der Waals surface area contributed by atoms with E-state index >= 15 is 0 Å². The van der Waals surface area contributed by atoms with Crippen molar-refractivity contribution in [3.63, 3.8) is 0 Å². The molecule has 0 amide bonds. The Bertz CT molecular complexity index is 383. The Labute approximate surface area is 122 Å². The molecule has 0 aliphatic heterocycles. The van der Waals surface area contributed by atoms with Crippen molar-refractivity contribution in [2.75, 3.05) is 6.54 Å². The van der Waals surface area contributed by atoms with Crippen molar-refractivity contribution < 1.29 is 0 Å². The van der Waals surface area contributed by atoms with Gasteiger partial charge >= 0.3 is 0 Å². The second kappa shape index (κ2) is 7.91. The summed E-state index contributed by atoms with van der Waals surface area (Å²) in [5.41, 5.74) is 2.26. The second-order valence-corrected chi connectivity index (χ2v) is 5.68. The van der Waals surface area contributed by atoms with Crippen molar-refractivity contribution in [2.24, 2.45) is 13.0 Å². The molecule has 19 heavy (non-hydrogen) atoms.